The van der Waals surface area contributed by atoms with Crippen molar-refractivity contribution >= 4 is 10.8 Å². The van der Waals surface area contributed by atoms with Gasteiger partial charge >= 0.3 is 0 Å². The van der Waals surface area contributed by atoms with E-state index in [4.69, 9.17) is 9.47 Å². The molecule has 152 valence electrons. The van der Waals surface area contributed by atoms with Crippen molar-refractivity contribution in [3.63, 3.8) is 0 Å². The number of phenols is 1. The fourth-order valence-electron chi connectivity index (χ4n) is 4.17. The van der Waals surface area contributed by atoms with Crippen LogP contribution >= 0.6 is 0 Å². The molecule has 3 aromatic carbocycles. The monoisotopic (exact) mass is 390 g/mol. The molecule has 1 N–H and O–H groups in total. The lowest BCUT2D eigenvalue weighted by Crippen LogP contribution is -2.30. The average Bonchev–Trinajstić information content (AvgIpc) is 2.78. The van der Waals surface area contributed by atoms with Gasteiger partial charge in [-0.05, 0) is 53.1 Å². The molecule has 3 nitrogen and oxygen atoms in total. The van der Waals surface area contributed by atoms with Crippen LogP contribution in [0.1, 0.15) is 61.8 Å². The minimum Gasteiger partial charge on any atom is -0.508 e. The van der Waals surface area contributed by atoms with E-state index in [2.05, 4.69) is 44.2 Å². The average molecular weight is 391 g/mol. The highest BCUT2D eigenvalue weighted by atomic mass is 16.5. The first-order valence-electron chi connectivity index (χ1n) is 10.7. The van der Waals surface area contributed by atoms with E-state index >= 15 is 0 Å². The normalized spacial score (nSPS) is 20.6. The van der Waals surface area contributed by atoms with Crippen LogP contribution in [-0.2, 0) is 16.1 Å². The molecule has 0 aliphatic carbocycles. The Morgan fingerprint density at radius 3 is 2.72 bits per heavy atom. The zero-order valence-electron chi connectivity index (χ0n) is 17.3. The summed E-state index contributed by atoms with van der Waals surface area (Å²) in [5.74, 6) is 0.804. The number of hydrogen-bond donors (Lipinski definition) is 1. The van der Waals surface area contributed by atoms with E-state index in [1.54, 1.807) is 6.07 Å². The van der Waals surface area contributed by atoms with Gasteiger partial charge in [0.25, 0.3) is 0 Å². The van der Waals surface area contributed by atoms with E-state index in [0.29, 0.717) is 19.1 Å². The van der Waals surface area contributed by atoms with Crippen molar-refractivity contribution in [2.75, 3.05) is 6.61 Å². The summed E-state index contributed by atoms with van der Waals surface area (Å²) in [4.78, 5) is 0. The maximum Gasteiger partial charge on any atom is 0.122 e. The minimum atomic E-state index is -0.259. The van der Waals surface area contributed by atoms with E-state index in [1.165, 1.54) is 5.56 Å². The molecule has 0 saturated carbocycles. The summed E-state index contributed by atoms with van der Waals surface area (Å²) in [7, 11) is 0. The molecular formula is C26H30O3. The predicted molar refractivity (Wildman–Crippen MR) is 117 cm³/mol. The van der Waals surface area contributed by atoms with Crippen molar-refractivity contribution in [1.82, 2.24) is 0 Å². The number of phenolic OH excluding ortho intramolecular Hbond substituents is 1. The van der Waals surface area contributed by atoms with Gasteiger partial charge in [0.1, 0.15) is 11.9 Å². The van der Waals surface area contributed by atoms with Gasteiger partial charge in [0.15, 0.2) is 0 Å². The third-order valence-corrected chi connectivity index (χ3v) is 6.10. The third-order valence-electron chi connectivity index (χ3n) is 6.10. The smallest absolute Gasteiger partial charge is 0.122 e. The van der Waals surface area contributed by atoms with Gasteiger partial charge in [0.2, 0.25) is 0 Å². The Kier molecular flexibility index (Phi) is 6.17. The number of rotatable bonds is 6. The predicted octanol–water partition coefficient (Wildman–Crippen LogP) is 6.50. The van der Waals surface area contributed by atoms with Crippen LogP contribution in [-0.4, -0.2) is 17.8 Å². The van der Waals surface area contributed by atoms with Crippen LogP contribution in [0.25, 0.3) is 10.8 Å². The summed E-state index contributed by atoms with van der Waals surface area (Å²) in [5.41, 5.74) is 3.34. The van der Waals surface area contributed by atoms with Crippen LogP contribution in [0.15, 0.2) is 60.7 Å². The van der Waals surface area contributed by atoms with Gasteiger partial charge in [0, 0.05) is 12.2 Å². The number of fused-ring (bicyclic) bond motifs is 1. The molecule has 0 bridgehead atoms. The number of hydrogen-bond acceptors (Lipinski definition) is 3. The summed E-state index contributed by atoms with van der Waals surface area (Å²) >= 11 is 0. The van der Waals surface area contributed by atoms with Gasteiger partial charge in [-0.3, -0.25) is 0 Å². The first kappa shape index (κ1) is 19.9. The fourth-order valence-corrected chi connectivity index (χ4v) is 4.17. The third kappa shape index (κ3) is 4.31. The maximum absolute atomic E-state index is 10.8. The maximum atomic E-state index is 10.8. The second-order valence-electron chi connectivity index (χ2n) is 8.06. The molecule has 4 rings (SSSR count). The zero-order chi connectivity index (χ0) is 20.2. The lowest BCUT2D eigenvalue weighted by atomic mass is 9.90. The van der Waals surface area contributed by atoms with Crippen molar-refractivity contribution < 1.29 is 14.6 Å². The van der Waals surface area contributed by atoms with E-state index in [0.717, 1.165) is 41.2 Å². The molecule has 1 aliphatic rings. The minimum absolute atomic E-state index is 0.0744. The topological polar surface area (TPSA) is 38.7 Å². The SMILES string of the molecule is CC[C@@H](C)c1ccc2c([C@H]3OCCCC3OCc3ccccc3)c(O)ccc2c1. The van der Waals surface area contributed by atoms with Crippen LogP contribution in [0, 0.1) is 0 Å². The molecule has 1 unspecified atom stereocenters. The quantitative estimate of drug-likeness (QED) is 0.522. The molecule has 0 spiro atoms. The molecule has 1 saturated heterocycles. The summed E-state index contributed by atoms with van der Waals surface area (Å²) in [6.45, 7) is 5.70. The lowest BCUT2D eigenvalue weighted by Gasteiger charge is -2.33. The molecule has 0 aromatic heterocycles. The summed E-state index contributed by atoms with van der Waals surface area (Å²) in [6, 6.07) is 20.6. The van der Waals surface area contributed by atoms with Gasteiger partial charge in [-0.25, -0.2) is 0 Å². The van der Waals surface area contributed by atoms with Gasteiger partial charge in [-0.2, -0.15) is 0 Å². The van der Waals surface area contributed by atoms with E-state index in [1.807, 2.05) is 24.3 Å². The highest BCUT2D eigenvalue weighted by Gasteiger charge is 2.31. The molecule has 1 fully saturated rings. The highest BCUT2D eigenvalue weighted by Crippen LogP contribution is 2.41. The van der Waals surface area contributed by atoms with Gasteiger partial charge in [-0.15, -0.1) is 0 Å². The second-order valence-corrected chi connectivity index (χ2v) is 8.06. The molecular weight excluding hydrogens is 360 g/mol. The molecule has 29 heavy (non-hydrogen) atoms. The Labute approximate surface area is 173 Å². The van der Waals surface area contributed by atoms with E-state index < -0.39 is 0 Å². The van der Waals surface area contributed by atoms with Gasteiger partial charge in [0.05, 0.1) is 12.7 Å². The van der Waals surface area contributed by atoms with Gasteiger partial charge in [-0.1, -0.05) is 68.4 Å². The first-order valence-corrected chi connectivity index (χ1v) is 10.7. The molecule has 1 heterocycles. The van der Waals surface area contributed by atoms with Crippen molar-refractivity contribution in [1.29, 1.82) is 0 Å². The number of ether oxygens (including phenoxy) is 2. The molecule has 1 aliphatic heterocycles. The number of benzene rings is 3. The van der Waals surface area contributed by atoms with Crippen LogP contribution < -0.4 is 0 Å². The highest BCUT2D eigenvalue weighted by molar-refractivity contribution is 5.89. The van der Waals surface area contributed by atoms with Crippen molar-refractivity contribution in [3.8, 4) is 5.75 Å². The van der Waals surface area contributed by atoms with Crippen molar-refractivity contribution in [3.05, 3.63) is 77.4 Å². The Balaban J connectivity index is 1.66. The Morgan fingerprint density at radius 1 is 1.10 bits per heavy atom. The largest absolute Gasteiger partial charge is 0.508 e. The fraction of sp³-hybridized carbons (Fsp3) is 0.385. The van der Waals surface area contributed by atoms with Crippen LogP contribution in [0.3, 0.4) is 0 Å². The second kappa shape index (κ2) is 8.98. The van der Waals surface area contributed by atoms with E-state index in [-0.39, 0.29) is 18.0 Å². The Hall–Kier alpha value is -2.36. The van der Waals surface area contributed by atoms with Crippen LogP contribution in [0.2, 0.25) is 0 Å². The molecule has 3 atom stereocenters. The number of aromatic hydroxyl groups is 1. The van der Waals surface area contributed by atoms with E-state index in [9.17, 15) is 5.11 Å². The summed E-state index contributed by atoms with van der Waals surface area (Å²) in [5, 5.41) is 13.0. The summed E-state index contributed by atoms with van der Waals surface area (Å²) < 4.78 is 12.5. The lowest BCUT2D eigenvalue weighted by molar-refractivity contribution is -0.113. The Morgan fingerprint density at radius 2 is 1.93 bits per heavy atom. The molecule has 0 radical (unpaired) electrons. The zero-order valence-corrected chi connectivity index (χ0v) is 17.3. The van der Waals surface area contributed by atoms with Gasteiger partial charge < -0.3 is 14.6 Å². The Bertz CT molecular complexity index is 951. The van der Waals surface area contributed by atoms with Crippen LogP contribution in [0.5, 0.6) is 5.75 Å². The molecule has 0 amide bonds. The van der Waals surface area contributed by atoms with Crippen molar-refractivity contribution in [2.24, 2.45) is 0 Å². The molecule has 3 heteroatoms. The van der Waals surface area contributed by atoms with Crippen LogP contribution in [0.4, 0.5) is 0 Å². The molecule has 3 aromatic rings. The summed E-state index contributed by atoms with van der Waals surface area (Å²) in [6.07, 6.45) is 2.68. The standard InChI is InChI=1S/C26H30O3/c1-3-18(2)20-11-13-22-21(16-20)12-14-23(27)25(22)26-24(10-7-15-28-26)29-17-19-8-5-4-6-9-19/h4-6,8-9,11-14,16,18,24,26-27H,3,7,10,15,17H2,1-2H3/t18-,24?,26+/m1/s1. The van der Waals surface area contributed by atoms with Crippen molar-refractivity contribution in [2.45, 2.75) is 57.8 Å². The first-order chi connectivity index (χ1) is 14.2.